The highest BCUT2D eigenvalue weighted by Gasteiger charge is 2.25. The molecule has 1 aliphatic rings. The zero-order valence-corrected chi connectivity index (χ0v) is 12.3. The number of nitrogen functional groups attached to an aromatic ring is 1. The summed E-state index contributed by atoms with van der Waals surface area (Å²) in [4.78, 5) is 2.51. The topological polar surface area (TPSA) is 29.3 Å². The van der Waals surface area contributed by atoms with Crippen molar-refractivity contribution in [2.24, 2.45) is 0 Å². The van der Waals surface area contributed by atoms with Gasteiger partial charge in [0.05, 0.1) is 0 Å². The Balaban J connectivity index is 1.82. The van der Waals surface area contributed by atoms with Gasteiger partial charge in [-0.1, -0.05) is 24.3 Å². The predicted molar refractivity (Wildman–Crippen MR) is 86.3 cm³/mol. The molecule has 1 atom stereocenters. The van der Waals surface area contributed by atoms with Crippen LogP contribution in [0.15, 0.2) is 42.5 Å². The molecule has 0 amide bonds. The first-order chi connectivity index (χ1) is 9.65. The molecule has 1 unspecified atom stereocenters. The van der Waals surface area contributed by atoms with Crippen molar-refractivity contribution in [3.63, 3.8) is 0 Å². The van der Waals surface area contributed by atoms with E-state index in [-0.39, 0.29) is 0 Å². The predicted octanol–water partition coefficient (Wildman–Crippen LogP) is 3.88. The quantitative estimate of drug-likeness (QED) is 0.836. The van der Waals surface area contributed by atoms with Crippen molar-refractivity contribution in [2.75, 3.05) is 23.7 Å². The lowest BCUT2D eigenvalue weighted by Crippen LogP contribution is -2.20. The van der Waals surface area contributed by atoms with E-state index in [0.29, 0.717) is 5.92 Å². The van der Waals surface area contributed by atoms with Gasteiger partial charge in [-0.15, -0.1) is 0 Å². The first-order valence-corrected chi connectivity index (χ1v) is 7.32. The van der Waals surface area contributed by atoms with E-state index in [0.717, 1.165) is 18.8 Å². The molecule has 0 spiro atoms. The normalized spacial score (nSPS) is 18.5. The lowest BCUT2D eigenvalue weighted by Gasteiger charge is -2.22. The molecule has 1 aliphatic heterocycles. The van der Waals surface area contributed by atoms with Crippen LogP contribution in [0.25, 0.3) is 0 Å². The molecule has 0 bridgehead atoms. The van der Waals surface area contributed by atoms with E-state index in [1.54, 1.807) is 0 Å². The summed E-state index contributed by atoms with van der Waals surface area (Å²) in [6.07, 6.45) is 1.21. The smallest absolute Gasteiger partial charge is 0.0398 e. The van der Waals surface area contributed by atoms with Crippen molar-refractivity contribution >= 4 is 11.4 Å². The van der Waals surface area contributed by atoms with Crippen molar-refractivity contribution < 1.29 is 0 Å². The molecule has 1 fully saturated rings. The third-order valence-corrected chi connectivity index (χ3v) is 4.49. The maximum atomic E-state index is 5.90. The van der Waals surface area contributed by atoms with Crippen molar-refractivity contribution in [3.8, 4) is 0 Å². The van der Waals surface area contributed by atoms with E-state index < -0.39 is 0 Å². The molecule has 0 aliphatic carbocycles. The molecule has 2 aromatic carbocycles. The number of rotatable bonds is 2. The van der Waals surface area contributed by atoms with Crippen molar-refractivity contribution in [2.45, 2.75) is 26.2 Å². The van der Waals surface area contributed by atoms with E-state index in [1.165, 1.54) is 28.8 Å². The highest BCUT2D eigenvalue weighted by atomic mass is 15.2. The maximum Gasteiger partial charge on any atom is 0.0398 e. The molecule has 0 saturated carbocycles. The molecule has 104 valence electrons. The van der Waals surface area contributed by atoms with Gasteiger partial charge < -0.3 is 10.6 Å². The highest BCUT2D eigenvalue weighted by Crippen LogP contribution is 2.33. The van der Waals surface area contributed by atoms with E-state index in [4.69, 9.17) is 5.73 Å². The summed E-state index contributed by atoms with van der Waals surface area (Å²) in [5, 5.41) is 0. The molecular formula is C18H22N2. The first-order valence-electron chi connectivity index (χ1n) is 7.32. The molecule has 0 radical (unpaired) electrons. The number of benzene rings is 2. The zero-order chi connectivity index (χ0) is 14.1. The van der Waals surface area contributed by atoms with Crippen LogP contribution < -0.4 is 10.6 Å². The second kappa shape index (κ2) is 5.20. The fourth-order valence-corrected chi connectivity index (χ4v) is 3.14. The van der Waals surface area contributed by atoms with Crippen molar-refractivity contribution in [1.82, 2.24) is 0 Å². The summed E-state index contributed by atoms with van der Waals surface area (Å²) in [6, 6.07) is 14.9. The fourth-order valence-electron chi connectivity index (χ4n) is 3.14. The SMILES string of the molecule is Cc1cccc(N2CCC(c3cccc(N)c3)C2)c1C. The van der Waals surface area contributed by atoms with E-state index in [9.17, 15) is 0 Å². The summed E-state index contributed by atoms with van der Waals surface area (Å²) < 4.78 is 0. The average Bonchev–Trinajstić information content (AvgIpc) is 2.91. The number of hydrogen-bond donors (Lipinski definition) is 1. The average molecular weight is 266 g/mol. The molecule has 0 aromatic heterocycles. The summed E-state index contributed by atoms with van der Waals surface area (Å²) >= 11 is 0. The number of anilines is 2. The molecule has 2 N–H and O–H groups in total. The molecule has 2 aromatic rings. The van der Waals surface area contributed by atoms with Gasteiger partial charge in [-0.2, -0.15) is 0 Å². The summed E-state index contributed by atoms with van der Waals surface area (Å²) in [5.41, 5.74) is 12.3. The van der Waals surface area contributed by atoms with Crippen LogP contribution in [0.2, 0.25) is 0 Å². The number of aryl methyl sites for hydroxylation is 1. The van der Waals surface area contributed by atoms with Gasteiger partial charge in [0.2, 0.25) is 0 Å². The second-order valence-electron chi connectivity index (χ2n) is 5.82. The Morgan fingerprint density at radius 2 is 1.90 bits per heavy atom. The first kappa shape index (κ1) is 13.0. The molecule has 1 saturated heterocycles. The third kappa shape index (κ3) is 2.38. The van der Waals surface area contributed by atoms with Crippen molar-refractivity contribution in [1.29, 1.82) is 0 Å². The van der Waals surface area contributed by atoms with Crippen LogP contribution in [-0.2, 0) is 0 Å². The van der Waals surface area contributed by atoms with Gasteiger partial charge in [0, 0.05) is 30.4 Å². The standard InChI is InChI=1S/C18H22N2/c1-13-5-3-8-18(14(13)2)20-10-9-16(12-20)15-6-4-7-17(19)11-15/h3-8,11,16H,9-10,12,19H2,1-2H3. The van der Waals surface area contributed by atoms with Crippen LogP contribution in [0.5, 0.6) is 0 Å². The molecule has 2 nitrogen and oxygen atoms in total. The molecular weight excluding hydrogens is 244 g/mol. The van der Waals surface area contributed by atoms with Gasteiger partial charge in [0.15, 0.2) is 0 Å². The summed E-state index contributed by atoms with van der Waals surface area (Å²) in [7, 11) is 0. The second-order valence-corrected chi connectivity index (χ2v) is 5.82. The van der Waals surface area contributed by atoms with Crippen LogP contribution in [0.1, 0.15) is 29.0 Å². The third-order valence-electron chi connectivity index (χ3n) is 4.49. The van der Waals surface area contributed by atoms with Gasteiger partial charge in [0.25, 0.3) is 0 Å². The van der Waals surface area contributed by atoms with Gasteiger partial charge in [-0.25, -0.2) is 0 Å². The number of hydrogen-bond acceptors (Lipinski definition) is 2. The summed E-state index contributed by atoms with van der Waals surface area (Å²) in [5.74, 6) is 0.596. The highest BCUT2D eigenvalue weighted by molar-refractivity contribution is 5.57. The Kier molecular flexibility index (Phi) is 3.39. The van der Waals surface area contributed by atoms with Crippen LogP contribution in [0.4, 0.5) is 11.4 Å². The van der Waals surface area contributed by atoms with Crippen LogP contribution >= 0.6 is 0 Å². The zero-order valence-electron chi connectivity index (χ0n) is 12.3. The summed E-state index contributed by atoms with van der Waals surface area (Å²) in [6.45, 7) is 6.63. The van der Waals surface area contributed by atoms with Gasteiger partial charge in [-0.05, 0) is 55.2 Å². The molecule has 20 heavy (non-hydrogen) atoms. The Bertz CT molecular complexity index is 619. The monoisotopic (exact) mass is 266 g/mol. The number of nitrogens with two attached hydrogens (primary N) is 1. The van der Waals surface area contributed by atoms with E-state index in [2.05, 4.69) is 55.1 Å². The van der Waals surface area contributed by atoms with E-state index >= 15 is 0 Å². The lowest BCUT2D eigenvalue weighted by molar-refractivity contribution is 0.775. The van der Waals surface area contributed by atoms with Crippen LogP contribution in [0, 0.1) is 13.8 Å². The number of nitrogens with zero attached hydrogens (tertiary/aromatic N) is 1. The van der Waals surface area contributed by atoms with Gasteiger partial charge >= 0.3 is 0 Å². The maximum absolute atomic E-state index is 5.90. The minimum atomic E-state index is 0.596. The van der Waals surface area contributed by atoms with Gasteiger partial charge in [-0.3, -0.25) is 0 Å². The van der Waals surface area contributed by atoms with Crippen LogP contribution in [0.3, 0.4) is 0 Å². The molecule has 3 rings (SSSR count). The Labute approximate surface area is 121 Å². The van der Waals surface area contributed by atoms with E-state index in [1.807, 2.05) is 6.07 Å². The fraction of sp³-hybridized carbons (Fsp3) is 0.333. The minimum Gasteiger partial charge on any atom is -0.399 e. The Hall–Kier alpha value is -1.96. The Morgan fingerprint density at radius 1 is 1.10 bits per heavy atom. The Morgan fingerprint density at radius 3 is 2.70 bits per heavy atom. The van der Waals surface area contributed by atoms with Crippen LogP contribution in [-0.4, -0.2) is 13.1 Å². The van der Waals surface area contributed by atoms with Crippen molar-refractivity contribution in [3.05, 3.63) is 59.2 Å². The molecule has 1 heterocycles. The molecule has 2 heteroatoms. The lowest BCUT2D eigenvalue weighted by atomic mass is 9.98. The largest absolute Gasteiger partial charge is 0.399 e. The van der Waals surface area contributed by atoms with Gasteiger partial charge in [0.1, 0.15) is 0 Å². The minimum absolute atomic E-state index is 0.596.